The Labute approximate surface area is 215 Å². The number of allylic oxidation sites excluding steroid dienone is 2. The van der Waals surface area contributed by atoms with Crippen LogP contribution in [0.1, 0.15) is 93.4 Å². The van der Waals surface area contributed by atoms with E-state index in [1.807, 2.05) is 6.08 Å². The van der Waals surface area contributed by atoms with Gasteiger partial charge in [0, 0.05) is 30.3 Å². The lowest BCUT2D eigenvalue weighted by molar-refractivity contribution is -0.251. The van der Waals surface area contributed by atoms with Gasteiger partial charge in [0.05, 0.1) is 12.5 Å². The molecule has 4 aliphatic carbocycles. The number of Topliss-reactive ketones (excluding diaryl/α,β-unsaturated/α-hetero) is 1. The molecule has 0 saturated heterocycles. The Morgan fingerprint density at radius 1 is 0.972 bits per heavy atom. The van der Waals surface area contributed by atoms with Gasteiger partial charge in [0.15, 0.2) is 5.78 Å². The van der Waals surface area contributed by atoms with Gasteiger partial charge in [-0.25, -0.2) is 0 Å². The highest BCUT2D eigenvalue weighted by Crippen LogP contribution is 2.73. The minimum absolute atomic E-state index is 0.0617. The van der Waals surface area contributed by atoms with Crippen LogP contribution in [-0.2, 0) is 28.7 Å². The molecule has 0 N–H and O–H groups in total. The van der Waals surface area contributed by atoms with Gasteiger partial charge in [0.25, 0.3) is 0 Å². The van der Waals surface area contributed by atoms with Crippen LogP contribution >= 0.6 is 0 Å². The lowest BCUT2D eigenvalue weighted by Crippen LogP contribution is -2.68. The van der Waals surface area contributed by atoms with Crippen LogP contribution < -0.4 is 0 Å². The molecule has 0 aromatic heterocycles. The van der Waals surface area contributed by atoms with Gasteiger partial charge in [-0.05, 0) is 74.0 Å². The first kappa shape index (κ1) is 27.1. The topological polar surface area (TPSA) is 86.7 Å². The molecule has 3 saturated carbocycles. The Morgan fingerprint density at radius 2 is 1.67 bits per heavy atom. The Bertz CT molecular complexity index is 980. The number of rotatable bonds is 5. The minimum atomic E-state index is -0.673. The molecule has 0 aliphatic heterocycles. The zero-order valence-corrected chi connectivity index (χ0v) is 23.1. The highest BCUT2D eigenvalue weighted by Gasteiger charge is 2.70. The highest BCUT2D eigenvalue weighted by atomic mass is 16.5. The zero-order valence-electron chi connectivity index (χ0n) is 23.1. The van der Waals surface area contributed by atoms with Crippen molar-refractivity contribution in [3.63, 3.8) is 0 Å². The second-order valence-electron chi connectivity index (χ2n) is 13.3. The van der Waals surface area contributed by atoms with Crippen LogP contribution in [0, 0.1) is 45.3 Å². The summed E-state index contributed by atoms with van der Waals surface area (Å²) in [6, 6.07) is 0. The SMILES string of the molecule is CC(=O)OCC12CCCC(C)(C)C1CCC1(C)C2CC(OC(C)=O)C2(C)C(C=O)C(C(C)=O)=CCC12. The maximum atomic E-state index is 12.6. The number of hydrogen-bond donors (Lipinski definition) is 0. The summed E-state index contributed by atoms with van der Waals surface area (Å²) in [6.45, 7) is 13.9. The highest BCUT2D eigenvalue weighted by molar-refractivity contribution is 5.97. The predicted octanol–water partition coefficient (Wildman–Crippen LogP) is 5.47. The summed E-state index contributed by atoms with van der Waals surface area (Å²) >= 11 is 0. The van der Waals surface area contributed by atoms with Crippen molar-refractivity contribution in [2.24, 2.45) is 45.3 Å². The summed E-state index contributed by atoms with van der Waals surface area (Å²) in [4.78, 5) is 49.6. The van der Waals surface area contributed by atoms with Crippen LogP contribution in [0.5, 0.6) is 0 Å². The molecule has 0 radical (unpaired) electrons. The van der Waals surface area contributed by atoms with Crippen LogP contribution in [0.4, 0.5) is 0 Å². The molecule has 6 heteroatoms. The standard InChI is InChI=1S/C30H44O6/c1-18(32)21-9-10-24-28(6)14-11-23-27(4,5)12-8-13-30(23,17-35-19(2)33)25(28)15-26(36-20(3)34)29(24,7)22(21)16-31/h9,16,22-26H,8,10-15,17H2,1-7H3. The van der Waals surface area contributed by atoms with Gasteiger partial charge in [-0.2, -0.15) is 0 Å². The van der Waals surface area contributed by atoms with Crippen LogP contribution in [0.3, 0.4) is 0 Å². The van der Waals surface area contributed by atoms with Crippen LogP contribution in [0.2, 0.25) is 0 Å². The normalized spacial score (nSPS) is 43.1. The lowest BCUT2D eigenvalue weighted by Gasteiger charge is -2.70. The van der Waals surface area contributed by atoms with E-state index in [9.17, 15) is 19.2 Å². The van der Waals surface area contributed by atoms with E-state index in [2.05, 4.69) is 27.7 Å². The van der Waals surface area contributed by atoms with Crippen molar-refractivity contribution in [2.75, 3.05) is 6.61 Å². The van der Waals surface area contributed by atoms with Crippen molar-refractivity contribution in [3.8, 4) is 0 Å². The summed E-state index contributed by atoms with van der Waals surface area (Å²) in [7, 11) is 0. The first-order chi connectivity index (χ1) is 16.7. The van der Waals surface area contributed by atoms with Gasteiger partial charge < -0.3 is 14.3 Å². The number of aldehydes is 1. The Hall–Kier alpha value is -1.98. The quantitative estimate of drug-likeness (QED) is 0.367. The Morgan fingerprint density at radius 3 is 2.25 bits per heavy atom. The van der Waals surface area contributed by atoms with Gasteiger partial charge in [-0.15, -0.1) is 0 Å². The number of carbonyl (C=O) groups is 4. The second kappa shape index (κ2) is 9.09. The maximum absolute atomic E-state index is 12.6. The molecule has 4 aliphatic rings. The fraction of sp³-hybridized carbons (Fsp3) is 0.800. The average Bonchev–Trinajstić information content (AvgIpc) is 2.77. The molecule has 200 valence electrons. The first-order valence-corrected chi connectivity index (χ1v) is 13.7. The molecule has 4 rings (SSSR count). The van der Waals surface area contributed by atoms with Crippen molar-refractivity contribution in [2.45, 2.75) is 99.5 Å². The fourth-order valence-corrected chi connectivity index (χ4v) is 9.82. The second-order valence-corrected chi connectivity index (χ2v) is 13.3. The molecular formula is C30H44O6. The summed E-state index contributed by atoms with van der Waals surface area (Å²) in [5, 5.41) is 0. The third-order valence-corrected chi connectivity index (χ3v) is 11.2. The lowest BCUT2D eigenvalue weighted by atomic mass is 9.34. The maximum Gasteiger partial charge on any atom is 0.302 e. The van der Waals surface area contributed by atoms with Gasteiger partial charge >= 0.3 is 11.9 Å². The summed E-state index contributed by atoms with van der Waals surface area (Å²) in [6.07, 6.45) is 8.94. The van der Waals surface area contributed by atoms with E-state index in [0.717, 1.165) is 38.4 Å². The van der Waals surface area contributed by atoms with Crippen LogP contribution in [0.15, 0.2) is 11.6 Å². The van der Waals surface area contributed by atoms with E-state index in [1.165, 1.54) is 20.8 Å². The van der Waals surface area contributed by atoms with Crippen molar-refractivity contribution in [3.05, 3.63) is 11.6 Å². The Balaban J connectivity index is 1.89. The molecule has 3 fully saturated rings. The number of hydrogen-bond acceptors (Lipinski definition) is 6. The van der Waals surface area contributed by atoms with Crippen molar-refractivity contribution < 1.29 is 28.7 Å². The third kappa shape index (κ3) is 3.89. The fourth-order valence-electron chi connectivity index (χ4n) is 9.82. The molecule has 0 aromatic rings. The van der Waals surface area contributed by atoms with Gasteiger partial charge in [0.2, 0.25) is 0 Å². The number of carbonyl (C=O) groups excluding carboxylic acids is 4. The Kier molecular flexibility index (Phi) is 6.84. The van der Waals surface area contributed by atoms with E-state index >= 15 is 0 Å². The van der Waals surface area contributed by atoms with Crippen molar-refractivity contribution in [1.29, 1.82) is 0 Å². The van der Waals surface area contributed by atoms with E-state index < -0.39 is 17.4 Å². The summed E-state index contributed by atoms with van der Waals surface area (Å²) < 4.78 is 11.9. The number of ether oxygens (including phenoxy) is 2. The summed E-state index contributed by atoms with van der Waals surface area (Å²) in [5.41, 5.74) is -0.354. The molecule has 0 heterocycles. The van der Waals surface area contributed by atoms with E-state index in [0.29, 0.717) is 30.9 Å². The first-order valence-electron chi connectivity index (χ1n) is 13.7. The van der Waals surface area contributed by atoms with Crippen LogP contribution in [0.25, 0.3) is 0 Å². The minimum Gasteiger partial charge on any atom is -0.465 e. The molecule has 36 heavy (non-hydrogen) atoms. The van der Waals surface area contributed by atoms with Gasteiger partial charge in [-0.3, -0.25) is 14.4 Å². The predicted molar refractivity (Wildman–Crippen MR) is 136 cm³/mol. The monoisotopic (exact) mass is 500 g/mol. The summed E-state index contributed by atoms with van der Waals surface area (Å²) in [5.74, 6) is -0.699. The van der Waals surface area contributed by atoms with E-state index in [-0.39, 0.29) is 45.8 Å². The van der Waals surface area contributed by atoms with Crippen molar-refractivity contribution >= 4 is 24.0 Å². The molecule has 8 unspecified atom stereocenters. The zero-order chi connectivity index (χ0) is 26.7. The molecule has 6 nitrogen and oxygen atoms in total. The molecule has 0 aromatic carbocycles. The number of fused-ring (bicyclic) bond motifs is 5. The molecule has 8 atom stereocenters. The van der Waals surface area contributed by atoms with E-state index in [1.54, 1.807) is 0 Å². The average molecular weight is 501 g/mol. The smallest absolute Gasteiger partial charge is 0.302 e. The molecule has 0 amide bonds. The number of esters is 2. The van der Waals surface area contributed by atoms with Crippen LogP contribution in [-0.4, -0.2) is 36.7 Å². The van der Waals surface area contributed by atoms with Gasteiger partial charge in [0.1, 0.15) is 12.4 Å². The largest absolute Gasteiger partial charge is 0.465 e. The third-order valence-electron chi connectivity index (χ3n) is 11.2. The van der Waals surface area contributed by atoms with Gasteiger partial charge in [-0.1, -0.05) is 40.2 Å². The number of ketones is 1. The van der Waals surface area contributed by atoms with E-state index in [4.69, 9.17) is 9.47 Å². The molecular weight excluding hydrogens is 456 g/mol. The van der Waals surface area contributed by atoms with Crippen molar-refractivity contribution in [1.82, 2.24) is 0 Å². The molecule has 0 spiro atoms. The molecule has 0 bridgehead atoms.